The molecule has 0 fully saturated rings. The van der Waals surface area contributed by atoms with Gasteiger partial charge in [-0.3, -0.25) is 4.79 Å². The first kappa shape index (κ1) is 19.7. The second-order valence-corrected chi connectivity index (χ2v) is 8.79. The summed E-state index contributed by atoms with van der Waals surface area (Å²) in [4.78, 5) is 12.3. The SMILES string of the molecule is COc1ccc(Cl)cc1C(=O)NCCS(=O)(=O)N1CCc2ccccc2C1. The molecule has 8 heteroatoms. The van der Waals surface area contributed by atoms with E-state index in [0.29, 0.717) is 30.3 Å². The lowest BCUT2D eigenvalue weighted by molar-refractivity contribution is 0.0953. The molecular weight excluding hydrogens is 388 g/mol. The van der Waals surface area contributed by atoms with E-state index in [2.05, 4.69) is 5.32 Å². The number of hydrogen-bond acceptors (Lipinski definition) is 4. The minimum atomic E-state index is -3.47. The number of nitrogens with one attached hydrogen (secondary N) is 1. The highest BCUT2D eigenvalue weighted by Crippen LogP contribution is 2.23. The Kier molecular flexibility index (Phi) is 6.04. The topological polar surface area (TPSA) is 75.7 Å². The average Bonchev–Trinajstić information content (AvgIpc) is 2.67. The number of methoxy groups -OCH3 is 1. The molecule has 27 heavy (non-hydrogen) atoms. The molecule has 144 valence electrons. The van der Waals surface area contributed by atoms with Crippen molar-refractivity contribution in [1.82, 2.24) is 9.62 Å². The monoisotopic (exact) mass is 408 g/mol. The summed E-state index contributed by atoms with van der Waals surface area (Å²) < 4.78 is 31.9. The van der Waals surface area contributed by atoms with Crippen molar-refractivity contribution in [3.05, 3.63) is 64.2 Å². The number of benzene rings is 2. The summed E-state index contributed by atoms with van der Waals surface area (Å²) in [7, 11) is -2.01. The smallest absolute Gasteiger partial charge is 0.255 e. The van der Waals surface area contributed by atoms with E-state index in [1.165, 1.54) is 23.0 Å². The standard InChI is InChI=1S/C19H21ClN2O4S/c1-26-18-7-6-16(20)12-17(18)19(23)21-9-11-27(24,25)22-10-8-14-4-2-3-5-15(14)13-22/h2-7,12H,8-11,13H2,1H3,(H,21,23). The van der Waals surface area contributed by atoms with Gasteiger partial charge in [-0.1, -0.05) is 35.9 Å². The van der Waals surface area contributed by atoms with Crippen molar-refractivity contribution in [3.63, 3.8) is 0 Å². The number of hydrogen-bond donors (Lipinski definition) is 1. The zero-order chi connectivity index (χ0) is 19.4. The number of carbonyl (C=O) groups excluding carboxylic acids is 1. The van der Waals surface area contributed by atoms with Crippen LogP contribution in [0.5, 0.6) is 5.75 Å². The van der Waals surface area contributed by atoms with Crippen LogP contribution in [0.25, 0.3) is 0 Å². The quantitative estimate of drug-likeness (QED) is 0.796. The van der Waals surface area contributed by atoms with E-state index in [9.17, 15) is 13.2 Å². The van der Waals surface area contributed by atoms with Crippen LogP contribution in [0.4, 0.5) is 0 Å². The summed E-state index contributed by atoms with van der Waals surface area (Å²) in [6, 6.07) is 12.6. The Morgan fingerprint density at radius 2 is 1.96 bits per heavy atom. The van der Waals surface area contributed by atoms with Crippen molar-refractivity contribution in [2.45, 2.75) is 13.0 Å². The van der Waals surface area contributed by atoms with Gasteiger partial charge in [0.1, 0.15) is 5.75 Å². The van der Waals surface area contributed by atoms with Gasteiger partial charge in [0, 0.05) is 24.7 Å². The molecule has 1 heterocycles. The number of rotatable bonds is 6. The number of fused-ring (bicyclic) bond motifs is 1. The van der Waals surface area contributed by atoms with Gasteiger partial charge in [-0.25, -0.2) is 8.42 Å². The molecule has 2 aromatic carbocycles. The molecule has 3 rings (SSSR count). The maximum Gasteiger partial charge on any atom is 0.255 e. The van der Waals surface area contributed by atoms with Crippen LogP contribution in [-0.2, 0) is 23.0 Å². The third kappa shape index (κ3) is 4.61. The first-order valence-corrected chi connectivity index (χ1v) is 10.6. The van der Waals surface area contributed by atoms with E-state index in [1.807, 2.05) is 24.3 Å². The number of sulfonamides is 1. The number of carbonyl (C=O) groups is 1. The Morgan fingerprint density at radius 3 is 2.70 bits per heavy atom. The van der Waals surface area contributed by atoms with Crippen LogP contribution in [0.1, 0.15) is 21.5 Å². The summed E-state index contributed by atoms with van der Waals surface area (Å²) in [6.07, 6.45) is 0.696. The first-order chi connectivity index (χ1) is 12.9. The van der Waals surface area contributed by atoms with Crippen molar-refractivity contribution in [1.29, 1.82) is 0 Å². The highest BCUT2D eigenvalue weighted by atomic mass is 35.5. The third-order valence-corrected chi connectivity index (χ3v) is 6.59. The normalized spacial score (nSPS) is 14.4. The van der Waals surface area contributed by atoms with Crippen molar-refractivity contribution in [2.75, 3.05) is 26.0 Å². The molecule has 1 aliphatic heterocycles. The van der Waals surface area contributed by atoms with E-state index < -0.39 is 15.9 Å². The molecule has 0 unspecified atom stereocenters. The number of nitrogens with zero attached hydrogens (tertiary/aromatic N) is 1. The fraction of sp³-hybridized carbons (Fsp3) is 0.316. The number of amides is 1. The van der Waals surface area contributed by atoms with Gasteiger partial charge in [-0.15, -0.1) is 0 Å². The lowest BCUT2D eigenvalue weighted by Gasteiger charge is -2.28. The van der Waals surface area contributed by atoms with Crippen molar-refractivity contribution < 1.29 is 17.9 Å². The summed E-state index contributed by atoms with van der Waals surface area (Å²) in [5, 5.41) is 3.04. The second-order valence-electron chi connectivity index (χ2n) is 6.27. The summed E-state index contributed by atoms with van der Waals surface area (Å²) >= 11 is 5.93. The lowest BCUT2D eigenvalue weighted by Crippen LogP contribution is -2.40. The Labute approximate surface area is 164 Å². The van der Waals surface area contributed by atoms with Crippen LogP contribution in [0.2, 0.25) is 5.02 Å². The van der Waals surface area contributed by atoms with Gasteiger partial charge >= 0.3 is 0 Å². The summed E-state index contributed by atoms with van der Waals surface area (Å²) in [5.41, 5.74) is 2.49. The molecule has 0 bridgehead atoms. The molecule has 0 aromatic heterocycles. The molecule has 2 aromatic rings. The zero-order valence-corrected chi connectivity index (χ0v) is 16.5. The molecule has 0 spiro atoms. The maximum absolute atomic E-state index is 12.6. The van der Waals surface area contributed by atoms with Gasteiger partial charge in [0.2, 0.25) is 10.0 Å². The van der Waals surface area contributed by atoms with Crippen LogP contribution in [-0.4, -0.2) is 44.6 Å². The van der Waals surface area contributed by atoms with Crippen molar-refractivity contribution in [3.8, 4) is 5.75 Å². The van der Waals surface area contributed by atoms with Crippen LogP contribution in [0, 0.1) is 0 Å². The largest absolute Gasteiger partial charge is 0.496 e. The van der Waals surface area contributed by atoms with E-state index in [0.717, 1.165) is 5.56 Å². The van der Waals surface area contributed by atoms with Gasteiger partial charge in [-0.2, -0.15) is 4.31 Å². The molecule has 0 saturated carbocycles. The molecule has 0 atom stereocenters. The molecule has 1 aliphatic rings. The Balaban J connectivity index is 1.60. The van der Waals surface area contributed by atoms with E-state index >= 15 is 0 Å². The molecule has 1 N–H and O–H groups in total. The van der Waals surface area contributed by atoms with Gasteiger partial charge in [0.25, 0.3) is 5.91 Å². The molecule has 6 nitrogen and oxygen atoms in total. The van der Waals surface area contributed by atoms with Crippen LogP contribution < -0.4 is 10.1 Å². The highest BCUT2D eigenvalue weighted by molar-refractivity contribution is 7.89. The van der Waals surface area contributed by atoms with E-state index in [-0.39, 0.29) is 17.9 Å². The van der Waals surface area contributed by atoms with Gasteiger partial charge in [0.15, 0.2) is 0 Å². The van der Waals surface area contributed by atoms with Gasteiger partial charge in [0.05, 0.1) is 18.4 Å². The lowest BCUT2D eigenvalue weighted by atomic mass is 10.0. The molecule has 0 aliphatic carbocycles. The minimum absolute atomic E-state index is 0.00891. The third-order valence-electron chi connectivity index (χ3n) is 4.54. The summed E-state index contributed by atoms with van der Waals surface area (Å²) in [5.74, 6) is -0.204. The predicted molar refractivity (Wildman–Crippen MR) is 105 cm³/mol. The minimum Gasteiger partial charge on any atom is -0.496 e. The Bertz CT molecular complexity index is 946. The average molecular weight is 409 g/mol. The second kappa shape index (κ2) is 8.29. The number of ether oxygens (including phenoxy) is 1. The van der Waals surface area contributed by atoms with Gasteiger partial charge < -0.3 is 10.1 Å². The highest BCUT2D eigenvalue weighted by Gasteiger charge is 2.26. The van der Waals surface area contributed by atoms with Crippen LogP contribution in [0.3, 0.4) is 0 Å². The van der Waals surface area contributed by atoms with Crippen molar-refractivity contribution >= 4 is 27.5 Å². The van der Waals surface area contributed by atoms with Gasteiger partial charge in [-0.05, 0) is 35.7 Å². The molecule has 0 saturated heterocycles. The fourth-order valence-corrected chi connectivity index (χ4v) is 4.58. The Hall–Kier alpha value is -2.09. The number of halogens is 1. The predicted octanol–water partition coefficient (Wildman–Crippen LogP) is 2.47. The van der Waals surface area contributed by atoms with Crippen LogP contribution >= 0.6 is 11.6 Å². The van der Waals surface area contributed by atoms with Crippen molar-refractivity contribution in [2.24, 2.45) is 0 Å². The van der Waals surface area contributed by atoms with E-state index in [1.54, 1.807) is 12.1 Å². The van der Waals surface area contributed by atoms with Crippen LogP contribution in [0.15, 0.2) is 42.5 Å². The maximum atomic E-state index is 12.6. The molecule has 0 radical (unpaired) electrons. The fourth-order valence-electron chi connectivity index (χ4n) is 3.08. The zero-order valence-electron chi connectivity index (χ0n) is 14.9. The molecule has 1 amide bonds. The Morgan fingerprint density at radius 1 is 1.22 bits per heavy atom. The molecular formula is C19H21ClN2O4S. The first-order valence-electron chi connectivity index (χ1n) is 8.57. The van der Waals surface area contributed by atoms with E-state index in [4.69, 9.17) is 16.3 Å². The summed E-state index contributed by atoms with van der Waals surface area (Å²) in [6.45, 7) is 0.832.